The number of aromatic nitrogens is 4. The number of halogens is 2. The van der Waals surface area contributed by atoms with Crippen molar-refractivity contribution in [3.63, 3.8) is 0 Å². The second-order valence-electron chi connectivity index (χ2n) is 8.69. The minimum atomic E-state index is -0.879. The van der Waals surface area contributed by atoms with Crippen molar-refractivity contribution in [3.05, 3.63) is 78.6 Å². The number of piperidine rings is 1. The van der Waals surface area contributed by atoms with Crippen LogP contribution >= 0.6 is 0 Å². The number of benzene rings is 2. The van der Waals surface area contributed by atoms with Crippen LogP contribution in [0.2, 0.25) is 0 Å². The molecule has 5 rings (SSSR count). The molecule has 1 atom stereocenters. The number of anilines is 2. The number of nitrogens with two attached hydrogens (primary N) is 1. The Kier molecular flexibility index (Phi) is 6.34. The van der Waals surface area contributed by atoms with E-state index in [2.05, 4.69) is 21.9 Å². The molecule has 1 aliphatic rings. The van der Waals surface area contributed by atoms with Crippen molar-refractivity contribution in [2.45, 2.75) is 18.9 Å². The molecule has 1 fully saturated rings. The van der Waals surface area contributed by atoms with Crippen LogP contribution in [0.25, 0.3) is 22.3 Å². The molecular weight excluding hydrogens is 480 g/mol. The van der Waals surface area contributed by atoms with Gasteiger partial charge in [0.25, 0.3) is 5.91 Å². The second kappa shape index (κ2) is 9.76. The lowest BCUT2D eigenvalue weighted by atomic mass is 10.1. The lowest BCUT2D eigenvalue weighted by Crippen LogP contribution is -2.40. The van der Waals surface area contributed by atoms with E-state index in [0.717, 1.165) is 25.0 Å². The van der Waals surface area contributed by atoms with E-state index in [9.17, 15) is 18.4 Å². The van der Waals surface area contributed by atoms with Gasteiger partial charge in [0.05, 0.1) is 17.1 Å². The molecule has 9 nitrogen and oxygen atoms in total. The quantitative estimate of drug-likeness (QED) is 0.398. The van der Waals surface area contributed by atoms with E-state index in [0.29, 0.717) is 41.4 Å². The van der Waals surface area contributed by atoms with Crippen LogP contribution in [0.1, 0.15) is 29.2 Å². The zero-order valence-corrected chi connectivity index (χ0v) is 19.7. The Morgan fingerprint density at radius 2 is 2.00 bits per heavy atom. The molecule has 4 aromatic rings. The minimum absolute atomic E-state index is 0.139. The van der Waals surface area contributed by atoms with Crippen LogP contribution < -0.4 is 11.1 Å². The fourth-order valence-corrected chi connectivity index (χ4v) is 4.53. The van der Waals surface area contributed by atoms with Crippen LogP contribution in [0.3, 0.4) is 0 Å². The highest BCUT2D eigenvalue weighted by Gasteiger charge is 2.28. The highest BCUT2D eigenvalue weighted by Crippen LogP contribution is 2.34. The standard InChI is InChI=1S/C26H23F2N7O2/c1-2-21(36)34-10-4-7-18(13-34)35-25-22(24(29)30-14-31-25)23(33-35)15-5-3-6-16(11-15)26(37)32-20-9-8-17(27)12-19(20)28/h2-3,5-6,8-9,11-12,14,18H,1,4,7,10,13H2,(H,32,37)(H2,29,30,31)/t18-/m1/s1. The molecule has 1 aliphatic heterocycles. The van der Waals surface area contributed by atoms with Gasteiger partial charge in [0.15, 0.2) is 5.65 Å². The average molecular weight is 504 g/mol. The van der Waals surface area contributed by atoms with Gasteiger partial charge in [-0.1, -0.05) is 18.7 Å². The first kappa shape index (κ1) is 24.0. The highest BCUT2D eigenvalue weighted by atomic mass is 19.1. The van der Waals surface area contributed by atoms with Crippen molar-refractivity contribution in [1.82, 2.24) is 24.6 Å². The molecular formula is C26H23F2N7O2. The Hall–Kier alpha value is -4.67. The number of fused-ring (bicyclic) bond motifs is 1. The molecule has 1 saturated heterocycles. The van der Waals surface area contributed by atoms with Gasteiger partial charge in [-0.3, -0.25) is 9.59 Å². The first-order chi connectivity index (χ1) is 17.9. The van der Waals surface area contributed by atoms with Gasteiger partial charge in [-0.25, -0.2) is 23.4 Å². The van der Waals surface area contributed by atoms with Gasteiger partial charge in [0.2, 0.25) is 5.91 Å². The minimum Gasteiger partial charge on any atom is -0.383 e. The molecule has 0 aliphatic carbocycles. The van der Waals surface area contributed by atoms with E-state index >= 15 is 0 Å². The topological polar surface area (TPSA) is 119 Å². The van der Waals surface area contributed by atoms with Crippen molar-refractivity contribution in [3.8, 4) is 11.3 Å². The van der Waals surface area contributed by atoms with Gasteiger partial charge in [0, 0.05) is 30.3 Å². The lowest BCUT2D eigenvalue weighted by molar-refractivity contribution is -0.127. The lowest BCUT2D eigenvalue weighted by Gasteiger charge is -2.32. The average Bonchev–Trinajstić information content (AvgIpc) is 3.31. The van der Waals surface area contributed by atoms with Crippen LogP contribution in [0.4, 0.5) is 20.3 Å². The van der Waals surface area contributed by atoms with E-state index in [4.69, 9.17) is 10.8 Å². The largest absolute Gasteiger partial charge is 0.383 e. The highest BCUT2D eigenvalue weighted by molar-refractivity contribution is 6.06. The summed E-state index contributed by atoms with van der Waals surface area (Å²) in [4.78, 5) is 35.3. The smallest absolute Gasteiger partial charge is 0.255 e. The summed E-state index contributed by atoms with van der Waals surface area (Å²) in [5, 5.41) is 7.79. The molecule has 0 unspecified atom stereocenters. The predicted molar refractivity (Wildman–Crippen MR) is 135 cm³/mol. The summed E-state index contributed by atoms with van der Waals surface area (Å²) in [6.07, 6.45) is 4.23. The molecule has 3 heterocycles. The molecule has 2 aromatic heterocycles. The van der Waals surface area contributed by atoms with Gasteiger partial charge in [-0.05, 0) is 43.2 Å². The fraction of sp³-hybridized carbons (Fsp3) is 0.192. The summed E-state index contributed by atoms with van der Waals surface area (Å²) in [7, 11) is 0. The molecule has 0 radical (unpaired) electrons. The number of likely N-dealkylation sites (tertiary alicyclic amines) is 1. The van der Waals surface area contributed by atoms with Crippen molar-refractivity contribution in [1.29, 1.82) is 0 Å². The molecule has 0 bridgehead atoms. The zero-order chi connectivity index (χ0) is 26.1. The second-order valence-corrected chi connectivity index (χ2v) is 8.69. The molecule has 37 heavy (non-hydrogen) atoms. The third-order valence-corrected chi connectivity index (χ3v) is 6.32. The molecule has 188 valence electrons. The summed E-state index contributed by atoms with van der Waals surface area (Å²) in [6, 6.07) is 9.38. The first-order valence-electron chi connectivity index (χ1n) is 11.6. The fourth-order valence-electron chi connectivity index (χ4n) is 4.53. The van der Waals surface area contributed by atoms with E-state index in [1.807, 2.05) is 0 Å². The summed E-state index contributed by atoms with van der Waals surface area (Å²) in [5.74, 6) is -2.12. The predicted octanol–water partition coefficient (Wildman–Crippen LogP) is 3.96. The normalized spacial score (nSPS) is 15.5. The maximum Gasteiger partial charge on any atom is 0.255 e. The number of nitrogens with one attached hydrogen (secondary N) is 1. The van der Waals surface area contributed by atoms with E-state index in [-0.39, 0.29) is 29.0 Å². The maximum atomic E-state index is 14.0. The number of nitrogens with zero attached hydrogens (tertiary/aromatic N) is 5. The summed E-state index contributed by atoms with van der Waals surface area (Å²) in [5.41, 5.74) is 7.89. The molecule has 2 amide bonds. The Bertz CT molecular complexity index is 1530. The Morgan fingerprint density at radius 1 is 1.16 bits per heavy atom. The van der Waals surface area contributed by atoms with Gasteiger partial charge < -0.3 is 16.0 Å². The third kappa shape index (κ3) is 4.63. The number of amides is 2. The Labute approximate surface area is 210 Å². The first-order valence-corrected chi connectivity index (χ1v) is 11.6. The van der Waals surface area contributed by atoms with E-state index < -0.39 is 17.5 Å². The van der Waals surface area contributed by atoms with Crippen molar-refractivity contribution in [2.24, 2.45) is 0 Å². The maximum absolute atomic E-state index is 14.0. The number of hydrogen-bond donors (Lipinski definition) is 2. The number of rotatable bonds is 5. The Morgan fingerprint density at radius 3 is 2.78 bits per heavy atom. The van der Waals surface area contributed by atoms with Crippen molar-refractivity contribution < 1.29 is 18.4 Å². The van der Waals surface area contributed by atoms with Gasteiger partial charge in [-0.2, -0.15) is 5.10 Å². The summed E-state index contributed by atoms with van der Waals surface area (Å²) >= 11 is 0. The number of hydrogen-bond acceptors (Lipinski definition) is 6. The van der Waals surface area contributed by atoms with Crippen LogP contribution in [-0.2, 0) is 4.79 Å². The van der Waals surface area contributed by atoms with Crippen LogP contribution in [-0.4, -0.2) is 49.6 Å². The summed E-state index contributed by atoms with van der Waals surface area (Å²) < 4.78 is 29.0. The van der Waals surface area contributed by atoms with Gasteiger partial charge in [0.1, 0.15) is 29.5 Å². The number of carbonyl (C=O) groups excluding carboxylic acids is 2. The van der Waals surface area contributed by atoms with Crippen LogP contribution in [0, 0.1) is 11.6 Å². The third-order valence-electron chi connectivity index (χ3n) is 6.32. The summed E-state index contributed by atoms with van der Waals surface area (Å²) in [6.45, 7) is 4.65. The van der Waals surface area contributed by atoms with Crippen LogP contribution in [0.5, 0.6) is 0 Å². The van der Waals surface area contributed by atoms with Gasteiger partial charge >= 0.3 is 0 Å². The molecule has 0 saturated carbocycles. The van der Waals surface area contributed by atoms with E-state index in [1.54, 1.807) is 33.8 Å². The monoisotopic (exact) mass is 503 g/mol. The Balaban J connectivity index is 1.52. The molecule has 11 heteroatoms. The zero-order valence-electron chi connectivity index (χ0n) is 19.7. The molecule has 0 spiro atoms. The van der Waals surface area contributed by atoms with Crippen molar-refractivity contribution in [2.75, 3.05) is 24.1 Å². The molecule has 2 aromatic carbocycles. The number of nitrogen functional groups attached to an aromatic ring is 1. The number of carbonyl (C=O) groups is 2. The van der Waals surface area contributed by atoms with Crippen molar-refractivity contribution >= 4 is 34.4 Å². The SMILES string of the molecule is C=CC(=O)N1CCC[C@@H](n2nc(-c3cccc(C(=O)Nc4ccc(F)cc4F)c3)c3c(N)ncnc32)C1. The van der Waals surface area contributed by atoms with E-state index in [1.165, 1.54) is 12.4 Å². The molecule has 3 N–H and O–H groups in total. The van der Waals surface area contributed by atoms with Gasteiger partial charge in [-0.15, -0.1) is 0 Å². The van der Waals surface area contributed by atoms with Crippen LogP contribution in [0.15, 0.2) is 61.4 Å².